The molecular formula is C28H29FN4O4. The molecule has 8 nitrogen and oxygen atoms in total. The number of nitrogens with two attached hydrogens (primary N) is 1. The summed E-state index contributed by atoms with van der Waals surface area (Å²) in [5.74, 6) is -1.27. The largest absolute Gasteiger partial charge is 0.497 e. The van der Waals surface area contributed by atoms with E-state index in [2.05, 4.69) is 0 Å². The molecule has 1 amide bonds. The zero-order valence-electron chi connectivity index (χ0n) is 20.6. The molecule has 2 aromatic rings. The molecule has 0 radical (unpaired) electrons. The summed E-state index contributed by atoms with van der Waals surface area (Å²) in [6.45, 7) is 0.982. The number of nitrogens with zero attached hydrogens (tertiary/aromatic N) is 3. The molecule has 2 atom stereocenters. The summed E-state index contributed by atoms with van der Waals surface area (Å²) in [5, 5.41) is 18.5. The molecule has 0 bridgehead atoms. The number of likely N-dealkylation sites (tertiary alicyclic amines) is 1. The van der Waals surface area contributed by atoms with Crippen molar-refractivity contribution in [2.75, 3.05) is 20.2 Å². The number of carbonyl (C=O) groups is 2. The molecule has 0 saturated carbocycles. The highest BCUT2D eigenvalue weighted by Gasteiger charge is 2.43. The monoisotopic (exact) mass is 504 g/mol. The second kappa shape index (κ2) is 10.9. The summed E-state index contributed by atoms with van der Waals surface area (Å²) >= 11 is 0. The molecule has 2 aliphatic heterocycles. The molecule has 9 heteroatoms. The molecule has 1 fully saturated rings. The number of hydrogen-bond acceptors (Lipinski definition) is 6. The third-order valence-electron chi connectivity index (χ3n) is 6.90. The first-order chi connectivity index (χ1) is 17.8. The van der Waals surface area contributed by atoms with E-state index >= 15 is 0 Å². The lowest BCUT2D eigenvalue weighted by molar-refractivity contribution is -0.137. The second-order valence-corrected chi connectivity index (χ2v) is 9.35. The van der Waals surface area contributed by atoms with Gasteiger partial charge >= 0.3 is 5.97 Å². The van der Waals surface area contributed by atoms with Crippen LogP contribution in [-0.4, -0.2) is 53.8 Å². The Morgan fingerprint density at radius 2 is 2.05 bits per heavy atom. The van der Waals surface area contributed by atoms with Gasteiger partial charge in [-0.1, -0.05) is 18.2 Å². The highest BCUT2D eigenvalue weighted by molar-refractivity contribution is 6.45. The van der Waals surface area contributed by atoms with Gasteiger partial charge in [0.2, 0.25) is 0 Å². The van der Waals surface area contributed by atoms with Crippen molar-refractivity contribution >= 4 is 23.2 Å². The molecule has 37 heavy (non-hydrogen) atoms. The summed E-state index contributed by atoms with van der Waals surface area (Å²) in [4.78, 5) is 31.5. The molecule has 192 valence electrons. The smallest absolute Gasteiger partial charge is 0.303 e. The van der Waals surface area contributed by atoms with Gasteiger partial charge in [0.1, 0.15) is 28.9 Å². The summed E-state index contributed by atoms with van der Waals surface area (Å²) < 4.78 is 20.0. The van der Waals surface area contributed by atoms with Crippen molar-refractivity contribution in [2.24, 2.45) is 10.7 Å². The lowest BCUT2D eigenvalue weighted by Crippen LogP contribution is -2.47. The number of carbonyl (C=O) groups excluding carboxylic acids is 1. The Morgan fingerprint density at radius 1 is 1.30 bits per heavy atom. The molecule has 2 aromatic carbocycles. The predicted molar refractivity (Wildman–Crippen MR) is 136 cm³/mol. The van der Waals surface area contributed by atoms with Gasteiger partial charge in [-0.05, 0) is 72.7 Å². The standard InChI is InChI=1S/C28H29FN4O4/c1-37-22-10-8-20(9-11-22)28(12-2-5-26(34)35)23(18-6-7-19(16-30)24(29)14-18)15-25(32-28)27(36)33-13-3-4-21(31)17-33/h6-11,14-15,21H,2-5,12-13,17,31H2,1H3,(H,34,35)/t21-,28?/m1/s1. The molecule has 1 saturated heterocycles. The molecular weight excluding hydrogens is 475 g/mol. The maximum Gasteiger partial charge on any atom is 0.303 e. The minimum atomic E-state index is -1.13. The third kappa shape index (κ3) is 5.39. The SMILES string of the molecule is COc1ccc(C2(CCCC(=O)O)N=C(C(=O)N3CCC[C@@H](N)C3)C=C2c2ccc(C#N)c(F)c2)cc1. The number of rotatable bonds is 8. The Kier molecular flexibility index (Phi) is 7.69. The van der Waals surface area contributed by atoms with Crippen LogP contribution in [0.1, 0.15) is 48.8 Å². The molecule has 3 N–H and O–H groups in total. The van der Waals surface area contributed by atoms with Gasteiger partial charge in [-0.3, -0.25) is 14.6 Å². The van der Waals surface area contributed by atoms with Crippen molar-refractivity contribution in [1.82, 2.24) is 4.90 Å². The van der Waals surface area contributed by atoms with Crippen molar-refractivity contribution < 1.29 is 23.8 Å². The van der Waals surface area contributed by atoms with Gasteiger partial charge in [0.05, 0.1) is 12.7 Å². The fraction of sp³-hybridized carbons (Fsp3) is 0.357. The van der Waals surface area contributed by atoms with Crippen LogP contribution < -0.4 is 10.5 Å². The normalized spacial score (nSPS) is 21.1. The van der Waals surface area contributed by atoms with Crippen LogP contribution >= 0.6 is 0 Å². The number of ether oxygens (including phenoxy) is 1. The van der Waals surface area contributed by atoms with Gasteiger partial charge in [-0.15, -0.1) is 0 Å². The van der Waals surface area contributed by atoms with Gasteiger partial charge in [-0.2, -0.15) is 5.26 Å². The minimum Gasteiger partial charge on any atom is -0.497 e. The van der Waals surface area contributed by atoms with Crippen molar-refractivity contribution in [2.45, 2.75) is 43.7 Å². The molecule has 4 rings (SSSR count). The Balaban J connectivity index is 1.86. The summed E-state index contributed by atoms with van der Waals surface area (Å²) in [7, 11) is 1.55. The van der Waals surface area contributed by atoms with E-state index in [9.17, 15) is 24.3 Å². The van der Waals surface area contributed by atoms with Crippen LogP contribution in [0.4, 0.5) is 4.39 Å². The van der Waals surface area contributed by atoms with E-state index in [1.807, 2.05) is 18.2 Å². The number of nitriles is 1. The quantitative estimate of drug-likeness (QED) is 0.565. The average molecular weight is 505 g/mol. The summed E-state index contributed by atoms with van der Waals surface area (Å²) in [5.41, 5.74) is 6.83. The number of halogens is 1. The van der Waals surface area contributed by atoms with Crippen molar-refractivity contribution in [3.63, 3.8) is 0 Å². The Bertz CT molecular complexity index is 1300. The fourth-order valence-corrected chi connectivity index (χ4v) is 5.03. The third-order valence-corrected chi connectivity index (χ3v) is 6.90. The Hall–Kier alpha value is -4.03. The highest BCUT2D eigenvalue weighted by atomic mass is 19.1. The molecule has 0 aliphatic carbocycles. The van der Waals surface area contributed by atoms with Crippen LogP contribution in [0.3, 0.4) is 0 Å². The molecule has 2 aliphatic rings. The fourth-order valence-electron chi connectivity index (χ4n) is 5.03. The topological polar surface area (TPSA) is 129 Å². The second-order valence-electron chi connectivity index (χ2n) is 9.35. The summed E-state index contributed by atoms with van der Waals surface area (Å²) in [6.07, 6.45) is 3.75. The summed E-state index contributed by atoms with van der Waals surface area (Å²) in [6, 6.07) is 13.2. The lowest BCUT2D eigenvalue weighted by Gasteiger charge is -2.32. The number of carboxylic acids is 1. The number of aliphatic imine (C=N–C) groups is 1. The molecule has 0 spiro atoms. The maximum atomic E-state index is 14.7. The van der Waals surface area contributed by atoms with Gasteiger partial charge in [0.15, 0.2) is 0 Å². The van der Waals surface area contributed by atoms with Crippen LogP contribution in [0.2, 0.25) is 0 Å². The number of methoxy groups -OCH3 is 1. The number of amides is 1. The van der Waals surface area contributed by atoms with Crippen LogP contribution in [0.15, 0.2) is 53.5 Å². The van der Waals surface area contributed by atoms with Crippen LogP contribution in [-0.2, 0) is 15.1 Å². The number of benzene rings is 2. The van der Waals surface area contributed by atoms with E-state index in [0.717, 1.165) is 12.8 Å². The van der Waals surface area contributed by atoms with Gasteiger partial charge in [0, 0.05) is 25.6 Å². The van der Waals surface area contributed by atoms with Gasteiger partial charge in [-0.25, -0.2) is 4.39 Å². The van der Waals surface area contributed by atoms with E-state index in [1.54, 1.807) is 36.3 Å². The number of aliphatic carboxylic acids is 1. The molecule has 1 unspecified atom stereocenters. The minimum absolute atomic E-state index is 0.0906. The number of carboxylic acid groups (broad SMARTS) is 1. The van der Waals surface area contributed by atoms with E-state index in [-0.39, 0.29) is 42.5 Å². The average Bonchev–Trinajstić information content (AvgIpc) is 3.28. The van der Waals surface area contributed by atoms with Crippen LogP contribution in [0.25, 0.3) is 5.57 Å². The molecule has 2 heterocycles. The van der Waals surface area contributed by atoms with Crippen LogP contribution in [0, 0.1) is 17.1 Å². The van der Waals surface area contributed by atoms with Crippen molar-refractivity contribution in [3.8, 4) is 11.8 Å². The van der Waals surface area contributed by atoms with E-state index in [0.29, 0.717) is 35.5 Å². The zero-order chi connectivity index (χ0) is 26.6. The van der Waals surface area contributed by atoms with Gasteiger partial charge in [0.25, 0.3) is 5.91 Å². The Labute approximate surface area is 214 Å². The number of piperidine rings is 1. The lowest BCUT2D eigenvalue weighted by atomic mass is 9.77. The Morgan fingerprint density at radius 3 is 2.68 bits per heavy atom. The first kappa shape index (κ1) is 26.0. The first-order valence-electron chi connectivity index (χ1n) is 12.2. The van der Waals surface area contributed by atoms with Crippen LogP contribution in [0.5, 0.6) is 5.75 Å². The zero-order valence-corrected chi connectivity index (χ0v) is 20.6. The predicted octanol–water partition coefficient (Wildman–Crippen LogP) is 3.64. The molecule has 0 aromatic heterocycles. The van der Waals surface area contributed by atoms with E-state index in [4.69, 9.17) is 15.5 Å². The van der Waals surface area contributed by atoms with Gasteiger partial charge < -0.3 is 20.5 Å². The van der Waals surface area contributed by atoms with Crippen molar-refractivity contribution in [3.05, 3.63) is 71.0 Å². The van der Waals surface area contributed by atoms with Crippen molar-refractivity contribution in [1.29, 1.82) is 5.26 Å². The van der Waals surface area contributed by atoms with E-state index in [1.165, 1.54) is 12.1 Å². The maximum absolute atomic E-state index is 14.7. The number of hydrogen-bond donors (Lipinski definition) is 2. The first-order valence-corrected chi connectivity index (χ1v) is 12.2. The van der Waals surface area contributed by atoms with E-state index < -0.39 is 17.3 Å². The highest BCUT2D eigenvalue weighted by Crippen LogP contribution is 2.48.